The Morgan fingerprint density at radius 3 is 2.50 bits per heavy atom. The fraction of sp³-hybridized carbons (Fsp3) is 0.500. The predicted octanol–water partition coefficient (Wildman–Crippen LogP) is 1.13. The Kier molecular flexibility index (Phi) is 3.64. The third kappa shape index (κ3) is 2.33. The molecule has 2 fully saturated rings. The Morgan fingerprint density at radius 1 is 1.25 bits per heavy atom. The highest BCUT2D eigenvalue weighted by molar-refractivity contribution is 6.06. The van der Waals surface area contributed by atoms with E-state index in [9.17, 15) is 14.4 Å². The van der Waals surface area contributed by atoms with E-state index < -0.39 is 23.9 Å². The number of nitrogens with zero attached hydrogens (tertiary/aromatic N) is 1. The van der Waals surface area contributed by atoms with E-state index in [2.05, 4.69) is 0 Å². The third-order valence-corrected chi connectivity index (χ3v) is 4.98. The van der Waals surface area contributed by atoms with E-state index >= 15 is 0 Å². The molecule has 0 radical (unpaired) electrons. The molecule has 2 amide bonds. The lowest BCUT2D eigenvalue weighted by molar-refractivity contribution is -0.151. The number of carbonyl (C=O) groups is 3. The molecule has 0 saturated carbocycles. The molecule has 2 saturated heterocycles. The summed E-state index contributed by atoms with van der Waals surface area (Å²) >= 11 is 0. The summed E-state index contributed by atoms with van der Waals surface area (Å²) in [5.41, 5.74) is 0.527. The molecule has 0 N–H and O–H groups in total. The van der Waals surface area contributed by atoms with Crippen LogP contribution in [0.3, 0.4) is 0 Å². The van der Waals surface area contributed by atoms with Gasteiger partial charge in [0, 0.05) is 0 Å². The molecule has 3 heterocycles. The number of amides is 2. The van der Waals surface area contributed by atoms with E-state index in [1.165, 1.54) is 4.90 Å². The van der Waals surface area contributed by atoms with Crippen molar-refractivity contribution in [1.82, 2.24) is 4.90 Å². The summed E-state index contributed by atoms with van der Waals surface area (Å²) in [5, 5.41) is 0. The second kappa shape index (κ2) is 5.70. The standard InChI is InChI=1S/C18H19NO5/c1-10(23-18(22)11-5-3-2-4-6-11)9-19-16(20)14-12-7-8-13(24-12)15(14)17(19)21/h3,5-8,10,12-15H,2,4,9H2,1H3. The average Bonchev–Trinajstić information content (AvgIpc) is 3.25. The van der Waals surface area contributed by atoms with Crippen molar-refractivity contribution in [1.29, 1.82) is 0 Å². The topological polar surface area (TPSA) is 72.9 Å². The van der Waals surface area contributed by atoms with Gasteiger partial charge in [-0.3, -0.25) is 14.5 Å². The van der Waals surface area contributed by atoms with Crippen molar-refractivity contribution in [3.63, 3.8) is 0 Å². The molecule has 1 aliphatic carbocycles. The molecule has 0 aromatic carbocycles. The molecule has 5 atom stereocenters. The van der Waals surface area contributed by atoms with E-state index in [0.29, 0.717) is 5.57 Å². The van der Waals surface area contributed by atoms with Gasteiger partial charge in [-0.15, -0.1) is 0 Å². The number of likely N-dealkylation sites (tertiary alicyclic amines) is 1. The van der Waals surface area contributed by atoms with Crippen molar-refractivity contribution < 1.29 is 23.9 Å². The van der Waals surface area contributed by atoms with Crippen LogP contribution in [0.1, 0.15) is 19.8 Å². The van der Waals surface area contributed by atoms with Crippen LogP contribution in [0.15, 0.2) is 36.0 Å². The lowest BCUT2D eigenvalue weighted by Gasteiger charge is -2.22. The Labute approximate surface area is 139 Å². The molecule has 4 rings (SSSR count). The molecule has 0 aromatic rings. The first kappa shape index (κ1) is 15.3. The van der Waals surface area contributed by atoms with Gasteiger partial charge in [-0.25, -0.2) is 4.79 Å². The Morgan fingerprint density at radius 2 is 1.92 bits per heavy atom. The van der Waals surface area contributed by atoms with Crippen molar-refractivity contribution in [2.24, 2.45) is 11.8 Å². The van der Waals surface area contributed by atoms with Crippen molar-refractivity contribution in [3.8, 4) is 0 Å². The highest BCUT2D eigenvalue weighted by Gasteiger charge is 2.60. The van der Waals surface area contributed by atoms with Crippen molar-refractivity contribution in [2.45, 2.75) is 38.1 Å². The van der Waals surface area contributed by atoms with Gasteiger partial charge in [-0.05, 0) is 19.8 Å². The Hall–Kier alpha value is -2.21. The van der Waals surface area contributed by atoms with Gasteiger partial charge >= 0.3 is 5.97 Å². The van der Waals surface area contributed by atoms with Crippen LogP contribution < -0.4 is 0 Å². The van der Waals surface area contributed by atoms with Crippen LogP contribution in [0.4, 0.5) is 0 Å². The second-order valence-corrected chi connectivity index (χ2v) is 6.64. The summed E-state index contributed by atoms with van der Waals surface area (Å²) < 4.78 is 11.0. The fourth-order valence-corrected chi connectivity index (χ4v) is 3.86. The zero-order chi connectivity index (χ0) is 16.8. The highest BCUT2D eigenvalue weighted by Crippen LogP contribution is 2.45. The van der Waals surface area contributed by atoms with E-state index in [0.717, 1.165) is 12.8 Å². The van der Waals surface area contributed by atoms with Gasteiger partial charge in [0.25, 0.3) is 0 Å². The van der Waals surface area contributed by atoms with Gasteiger partial charge in [-0.1, -0.05) is 30.4 Å². The molecular weight excluding hydrogens is 310 g/mol. The van der Waals surface area contributed by atoms with Gasteiger partial charge in [-0.2, -0.15) is 0 Å². The maximum absolute atomic E-state index is 12.5. The van der Waals surface area contributed by atoms with Crippen LogP contribution in [0.25, 0.3) is 0 Å². The van der Waals surface area contributed by atoms with Gasteiger partial charge in [0.15, 0.2) is 0 Å². The largest absolute Gasteiger partial charge is 0.457 e. The van der Waals surface area contributed by atoms with E-state index in [4.69, 9.17) is 9.47 Å². The summed E-state index contributed by atoms with van der Waals surface area (Å²) in [5.74, 6) is -1.69. The molecule has 4 aliphatic rings. The van der Waals surface area contributed by atoms with Gasteiger partial charge < -0.3 is 9.47 Å². The van der Waals surface area contributed by atoms with Crippen molar-refractivity contribution in [2.75, 3.05) is 6.54 Å². The van der Waals surface area contributed by atoms with Crippen molar-refractivity contribution in [3.05, 3.63) is 36.0 Å². The lowest BCUT2D eigenvalue weighted by Crippen LogP contribution is -2.40. The number of fused-ring (bicyclic) bond motifs is 5. The van der Waals surface area contributed by atoms with Gasteiger partial charge in [0.05, 0.1) is 36.2 Å². The lowest BCUT2D eigenvalue weighted by atomic mass is 9.85. The number of ether oxygens (including phenoxy) is 2. The second-order valence-electron chi connectivity index (χ2n) is 6.64. The monoisotopic (exact) mass is 329 g/mol. The molecule has 3 aliphatic heterocycles. The van der Waals surface area contributed by atoms with Crippen LogP contribution in [0, 0.1) is 11.8 Å². The quantitative estimate of drug-likeness (QED) is 0.439. The van der Waals surface area contributed by atoms with Crippen LogP contribution in [-0.2, 0) is 23.9 Å². The van der Waals surface area contributed by atoms with E-state index in [-0.39, 0.29) is 30.6 Å². The minimum absolute atomic E-state index is 0.0901. The molecule has 6 nitrogen and oxygen atoms in total. The number of allylic oxidation sites excluding steroid dienone is 2. The SMILES string of the molecule is CC(CN1C(=O)C2C3C=CC(O3)C2C1=O)OC(=O)C1=CCCC=C1. The van der Waals surface area contributed by atoms with E-state index in [1.54, 1.807) is 13.0 Å². The first-order chi connectivity index (χ1) is 11.6. The number of rotatable bonds is 4. The zero-order valence-electron chi connectivity index (χ0n) is 13.4. The molecular formula is C18H19NO5. The molecule has 0 spiro atoms. The van der Waals surface area contributed by atoms with Crippen LogP contribution >= 0.6 is 0 Å². The maximum atomic E-state index is 12.5. The van der Waals surface area contributed by atoms with Gasteiger partial charge in [0.2, 0.25) is 11.8 Å². The first-order valence-corrected chi connectivity index (χ1v) is 8.33. The molecule has 24 heavy (non-hydrogen) atoms. The molecule has 5 unspecified atom stereocenters. The van der Waals surface area contributed by atoms with E-state index in [1.807, 2.05) is 24.3 Å². The Bertz CT molecular complexity index is 662. The number of esters is 1. The minimum atomic E-state index is -0.549. The summed E-state index contributed by atoms with van der Waals surface area (Å²) in [6.07, 6.45) is 9.82. The summed E-state index contributed by atoms with van der Waals surface area (Å²) in [6.45, 7) is 1.79. The van der Waals surface area contributed by atoms with Crippen molar-refractivity contribution >= 4 is 17.8 Å². The molecule has 2 bridgehead atoms. The first-order valence-electron chi connectivity index (χ1n) is 8.33. The minimum Gasteiger partial charge on any atom is -0.457 e. The number of hydrogen-bond donors (Lipinski definition) is 0. The predicted molar refractivity (Wildman–Crippen MR) is 83.5 cm³/mol. The smallest absolute Gasteiger partial charge is 0.338 e. The van der Waals surface area contributed by atoms with Gasteiger partial charge in [0.1, 0.15) is 6.10 Å². The third-order valence-electron chi connectivity index (χ3n) is 4.98. The van der Waals surface area contributed by atoms with Crippen LogP contribution in [-0.4, -0.2) is 47.5 Å². The number of hydrogen-bond acceptors (Lipinski definition) is 5. The Balaban J connectivity index is 1.40. The molecule has 126 valence electrons. The molecule has 0 aromatic heterocycles. The van der Waals surface area contributed by atoms with Crippen LogP contribution in [0.5, 0.6) is 0 Å². The molecule has 6 heteroatoms. The van der Waals surface area contributed by atoms with Crippen LogP contribution in [0.2, 0.25) is 0 Å². The maximum Gasteiger partial charge on any atom is 0.338 e. The normalized spacial score (nSPS) is 34.5. The fourth-order valence-electron chi connectivity index (χ4n) is 3.86. The number of imide groups is 1. The summed E-state index contributed by atoms with van der Waals surface area (Å²) in [7, 11) is 0. The summed E-state index contributed by atoms with van der Waals surface area (Å²) in [6, 6.07) is 0. The zero-order valence-corrected chi connectivity index (χ0v) is 13.4. The average molecular weight is 329 g/mol. The summed E-state index contributed by atoms with van der Waals surface area (Å²) in [4.78, 5) is 38.4. The number of carbonyl (C=O) groups excluding carboxylic acids is 3. The highest BCUT2D eigenvalue weighted by atomic mass is 16.5.